The number of rotatable bonds is 8. The predicted molar refractivity (Wildman–Crippen MR) is 94.0 cm³/mol. The van der Waals surface area contributed by atoms with Gasteiger partial charge in [0, 0.05) is 6.07 Å². The first-order valence-electron chi connectivity index (χ1n) is 7.36. The van der Waals surface area contributed by atoms with Crippen molar-refractivity contribution >= 4 is 17.7 Å². The Hall–Kier alpha value is -3.60. The quantitative estimate of drug-likeness (QED) is 0.343. The lowest BCUT2D eigenvalue weighted by Gasteiger charge is -2.10. The Morgan fingerprint density at radius 3 is 2.84 bits per heavy atom. The molecule has 1 N–H and O–H groups in total. The first-order valence-corrected chi connectivity index (χ1v) is 7.36. The smallest absolute Gasteiger partial charge is 0.287 e. The van der Waals surface area contributed by atoms with E-state index in [0.717, 1.165) is 11.8 Å². The summed E-state index contributed by atoms with van der Waals surface area (Å²) in [5, 5.41) is 14.6. The van der Waals surface area contributed by atoms with Gasteiger partial charge in [0.15, 0.2) is 11.5 Å². The van der Waals surface area contributed by atoms with Crippen molar-refractivity contribution in [2.75, 3.05) is 18.6 Å². The van der Waals surface area contributed by atoms with Crippen LogP contribution in [0.4, 0.5) is 11.5 Å². The first-order chi connectivity index (χ1) is 12.1. The van der Waals surface area contributed by atoms with Gasteiger partial charge < -0.3 is 9.47 Å². The molecule has 8 heteroatoms. The topological polar surface area (TPSA) is 98.9 Å². The van der Waals surface area contributed by atoms with Crippen molar-refractivity contribution in [2.24, 2.45) is 5.10 Å². The predicted octanol–water partition coefficient (Wildman–Crippen LogP) is 2.85. The third kappa shape index (κ3) is 5.21. The molecule has 0 amide bonds. The Morgan fingerprint density at radius 1 is 1.36 bits per heavy atom. The Morgan fingerprint density at radius 2 is 2.20 bits per heavy atom. The molecule has 2 aromatic rings. The van der Waals surface area contributed by atoms with E-state index in [0.29, 0.717) is 23.9 Å². The van der Waals surface area contributed by atoms with Gasteiger partial charge in [0.05, 0.1) is 17.7 Å². The zero-order valence-electron chi connectivity index (χ0n) is 13.5. The molecule has 1 aromatic heterocycles. The molecule has 128 valence electrons. The third-order valence-electron chi connectivity index (χ3n) is 2.93. The number of benzene rings is 1. The molecular weight excluding hydrogens is 324 g/mol. The van der Waals surface area contributed by atoms with Crippen molar-refractivity contribution < 1.29 is 14.4 Å². The summed E-state index contributed by atoms with van der Waals surface area (Å²) in [7, 11) is 0. The molecule has 0 atom stereocenters. The molecule has 8 nitrogen and oxygen atoms in total. The molecule has 0 radical (unpaired) electrons. The van der Waals surface area contributed by atoms with Crippen molar-refractivity contribution in [3.8, 4) is 23.8 Å². The van der Waals surface area contributed by atoms with E-state index in [1.165, 1.54) is 12.1 Å². The van der Waals surface area contributed by atoms with Crippen LogP contribution in [0.2, 0.25) is 0 Å². The molecule has 0 saturated heterocycles. The molecule has 0 spiro atoms. The number of nitrogens with one attached hydrogen (secondary N) is 1. The zero-order valence-corrected chi connectivity index (χ0v) is 13.5. The Balaban J connectivity index is 2.05. The van der Waals surface area contributed by atoms with E-state index in [-0.39, 0.29) is 12.3 Å². The molecular formula is C17H16N4O4. The lowest BCUT2D eigenvalue weighted by atomic mass is 10.2. The molecule has 0 bridgehead atoms. The summed E-state index contributed by atoms with van der Waals surface area (Å²) in [6.07, 6.45) is 7.91. The molecule has 0 unspecified atom stereocenters. The number of pyridine rings is 1. The molecule has 1 heterocycles. The highest BCUT2D eigenvalue weighted by atomic mass is 16.6. The molecule has 0 fully saturated rings. The van der Waals surface area contributed by atoms with Crippen LogP contribution in [0.25, 0.3) is 0 Å². The summed E-state index contributed by atoms with van der Waals surface area (Å²) in [5.74, 6) is 3.91. The molecule has 0 aliphatic rings. The number of aromatic nitrogens is 1. The van der Waals surface area contributed by atoms with Gasteiger partial charge in [-0.15, -0.1) is 6.42 Å². The number of hydrogen-bond acceptors (Lipinski definition) is 7. The molecule has 0 saturated carbocycles. The van der Waals surface area contributed by atoms with Crippen molar-refractivity contribution in [1.29, 1.82) is 0 Å². The van der Waals surface area contributed by atoms with Crippen LogP contribution < -0.4 is 14.9 Å². The van der Waals surface area contributed by atoms with Gasteiger partial charge >= 0.3 is 0 Å². The van der Waals surface area contributed by atoms with Crippen LogP contribution in [0, 0.1) is 22.5 Å². The van der Waals surface area contributed by atoms with Crippen LogP contribution >= 0.6 is 0 Å². The van der Waals surface area contributed by atoms with E-state index in [2.05, 4.69) is 21.4 Å². The standard InChI is InChI=1S/C17H16N4O4/c1-3-9-25-15-7-5-13(10-16(15)24-4-2)11-19-20-17-8-6-14(12-18-17)21(22)23/h1,5-8,10-12H,4,9H2,2H3,(H,18,20). The molecule has 0 aliphatic carbocycles. The second-order valence-electron chi connectivity index (χ2n) is 4.66. The van der Waals surface area contributed by atoms with E-state index in [1.54, 1.807) is 24.4 Å². The SMILES string of the molecule is C#CCOc1ccc(C=NNc2ccc([N+](=O)[O-])cn2)cc1OCC. The van der Waals surface area contributed by atoms with Gasteiger partial charge in [-0.2, -0.15) is 5.10 Å². The highest BCUT2D eigenvalue weighted by Gasteiger charge is 2.06. The minimum absolute atomic E-state index is 0.0848. The van der Waals surface area contributed by atoms with Gasteiger partial charge in [-0.05, 0) is 36.8 Å². The van der Waals surface area contributed by atoms with Crippen LogP contribution in [-0.4, -0.2) is 29.3 Å². The number of hydrogen-bond donors (Lipinski definition) is 1. The summed E-state index contributed by atoms with van der Waals surface area (Å²) in [6, 6.07) is 8.12. The normalized spacial score (nSPS) is 10.2. The van der Waals surface area contributed by atoms with Gasteiger partial charge in [-0.25, -0.2) is 4.98 Å². The Kier molecular flexibility index (Phi) is 6.31. The van der Waals surface area contributed by atoms with Crippen LogP contribution in [0.1, 0.15) is 12.5 Å². The van der Waals surface area contributed by atoms with E-state index in [4.69, 9.17) is 15.9 Å². The van der Waals surface area contributed by atoms with E-state index in [9.17, 15) is 10.1 Å². The maximum atomic E-state index is 10.6. The van der Waals surface area contributed by atoms with Gasteiger partial charge in [0.2, 0.25) is 0 Å². The zero-order chi connectivity index (χ0) is 18.1. The van der Waals surface area contributed by atoms with Crippen LogP contribution in [-0.2, 0) is 0 Å². The maximum absolute atomic E-state index is 10.6. The van der Waals surface area contributed by atoms with Gasteiger partial charge in [-0.1, -0.05) is 5.92 Å². The van der Waals surface area contributed by atoms with Crippen LogP contribution in [0.5, 0.6) is 11.5 Å². The Labute approximate surface area is 144 Å². The van der Waals surface area contributed by atoms with Gasteiger partial charge in [0.1, 0.15) is 18.6 Å². The van der Waals surface area contributed by atoms with Crippen LogP contribution in [0.15, 0.2) is 41.6 Å². The monoisotopic (exact) mass is 340 g/mol. The number of nitrogens with zero attached hydrogens (tertiary/aromatic N) is 3. The van der Waals surface area contributed by atoms with Crippen molar-refractivity contribution in [3.63, 3.8) is 0 Å². The maximum Gasteiger partial charge on any atom is 0.287 e. The minimum Gasteiger partial charge on any atom is -0.490 e. The van der Waals surface area contributed by atoms with Gasteiger partial charge in [0.25, 0.3) is 5.69 Å². The minimum atomic E-state index is -0.515. The number of ether oxygens (including phenoxy) is 2. The molecule has 2 rings (SSSR count). The number of terminal acetylenes is 1. The number of hydrazone groups is 1. The number of anilines is 1. The summed E-state index contributed by atoms with van der Waals surface area (Å²) in [6.45, 7) is 2.51. The van der Waals surface area contributed by atoms with E-state index < -0.39 is 4.92 Å². The summed E-state index contributed by atoms with van der Waals surface area (Å²) >= 11 is 0. The molecule has 25 heavy (non-hydrogen) atoms. The van der Waals surface area contributed by atoms with E-state index >= 15 is 0 Å². The lowest BCUT2D eigenvalue weighted by molar-refractivity contribution is -0.385. The lowest BCUT2D eigenvalue weighted by Crippen LogP contribution is -2.00. The summed E-state index contributed by atoms with van der Waals surface area (Å²) in [5.41, 5.74) is 3.38. The molecule has 0 aliphatic heterocycles. The second kappa shape index (κ2) is 8.88. The fraction of sp³-hybridized carbons (Fsp3) is 0.176. The fourth-order valence-electron chi connectivity index (χ4n) is 1.85. The average molecular weight is 340 g/mol. The summed E-state index contributed by atoms with van der Waals surface area (Å²) in [4.78, 5) is 14.0. The van der Waals surface area contributed by atoms with E-state index in [1.807, 2.05) is 6.92 Å². The average Bonchev–Trinajstić information content (AvgIpc) is 2.62. The van der Waals surface area contributed by atoms with Crippen molar-refractivity contribution in [3.05, 3.63) is 52.2 Å². The third-order valence-corrected chi connectivity index (χ3v) is 2.93. The first kappa shape index (κ1) is 17.7. The van der Waals surface area contributed by atoms with Crippen LogP contribution in [0.3, 0.4) is 0 Å². The van der Waals surface area contributed by atoms with Gasteiger partial charge in [-0.3, -0.25) is 15.5 Å². The fourth-order valence-corrected chi connectivity index (χ4v) is 1.85. The highest BCUT2D eigenvalue weighted by molar-refractivity contribution is 5.81. The second-order valence-corrected chi connectivity index (χ2v) is 4.66. The summed E-state index contributed by atoms with van der Waals surface area (Å²) < 4.78 is 10.9. The highest BCUT2D eigenvalue weighted by Crippen LogP contribution is 2.28. The Bertz CT molecular complexity index is 797. The largest absolute Gasteiger partial charge is 0.490 e. The van der Waals surface area contributed by atoms with Crippen molar-refractivity contribution in [2.45, 2.75) is 6.92 Å². The number of nitro groups is 1. The molecule has 1 aromatic carbocycles. The van der Waals surface area contributed by atoms with Crippen molar-refractivity contribution in [1.82, 2.24) is 4.98 Å².